The molecular weight excluding hydrogens is 306 g/mol. The summed E-state index contributed by atoms with van der Waals surface area (Å²) in [6.45, 7) is 2.96. The molecule has 0 radical (unpaired) electrons. The number of carbonyl (C=O) groups excluding carboxylic acids is 1. The van der Waals surface area contributed by atoms with Crippen molar-refractivity contribution in [2.45, 2.75) is 57.2 Å². The average Bonchev–Trinajstić information content (AvgIpc) is 3.45. The predicted molar refractivity (Wildman–Crippen MR) is 93.1 cm³/mol. The Labute approximate surface area is 142 Å². The van der Waals surface area contributed by atoms with Crippen LogP contribution < -0.4 is 11.1 Å². The van der Waals surface area contributed by atoms with Crippen molar-refractivity contribution in [2.24, 2.45) is 17.1 Å². The molecule has 4 nitrogen and oxygen atoms in total. The highest BCUT2D eigenvalue weighted by molar-refractivity contribution is 7.07. The van der Waals surface area contributed by atoms with Crippen molar-refractivity contribution in [1.82, 2.24) is 10.2 Å². The van der Waals surface area contributed by atoms with Crippen LogP contribution in [0.5, 0.6) is 0 Å². The van der Waals surface area contributed by atoms with E-state index in [0.29, 0.717) is 23.8 Å². The van der Waals surface area contributed by atoms with Crippen LogP contribution in [0.1, 0.15) is 44.1 Å². The van der Waals surface area contributed by atoms with Gasteiger partial charge >= 0.3 is 0 Å². The zero-order valence-electron chi connectivity index (χ0n) is 13.7. The molecule has 0 bridgehead atoms. The highest BCUT2D eigenvalue weighted by Gasteiger charge is 2.57. The Morgan fingerprint density at radius 2 is 2.22 bits per heavy atom. The summed E-state index contributed by atoms with van der Waals surface area (Å²) in [4.78, 5) is 15.1. The summed E-state index contributed by atoms with van der Waals surface area (Å²) in [6.07, 6.45) is 6.54. The smallest absolute Gasteiger partial charge is 0.224 e. The normalized spacial score (nSPS) is 26.9. The third-order valence-electron chi connectivity index (χ3n) is 6.01. The molecule has 0 aromatic carbocycles. The number of amides is 1. The number of thiophene rings is 1. The molecule has 1 aromatic heterocycles. The standard InChI is InChI=1S/C18H27N3OS/c19-15(14-1-2-14)9-17(22)21(11-13-3-8-23-12-13)16-10-18(16)4-6-20-7-5-18/h3,8,12,14-16,20H,1-2,4-7,9-11,19H2/t15-,16-/m1/s1. The van der Waals surface area contributed by atoms with Crippen molar-refractivity contribution in [2.75, 3.05) is 13.1 Å². The molecular formula is C18H27N3OS. The third-order valence-corrected chi connectivity index (χ3v) is 6.75. The lowest BCUT2D eigenvalue weighted by molar-refractivity contribution is -0.133. The number of rotatable bonds is 6. The molecule has 23 heavy (non-hydrogen) atoms. The second-order valence-electron chi connectivity index (χ2n) is 7.69. The van der Waals surface area contributed by atoms with Gasteiger partial charge in [0.1, 0.15) is 0 Å². The Morgan fingerprint density at radius 1 is 1.43 bits per heavy atom. The Hall–Kier alpha value is -0.910. The molecule has 0 unspecified atom stereocenters. The lowest BCUT2D eigenvalue weighted by Gasteiger charge is -2.30. The highest BCUT2D eigenvalue weighted by Crippen LogP contribution is 2.56. The van der Waals surface area contributed by atoms with Crippen LogP contribution in [0.4, 0.5) is 0 Å². The molecule has 2 saturated carbocycles. The van der Waals surface area contributed by atoms with E-state index in [1.807, 2.05) is 0 Å². The van der Waals surface area contributed by atoms with E-state index in [9.17, 15) is 4.79 Å². The lowest BCUT2D eigenvalue weighted by Crippen LogP contribution is -2.41. The van der Waals surface area contributed by atoms with Gasteiger partial charge in [0.15, 0.2) is 0 Å². The minimum atomic E-state index is 0.0650. The minimum Gasteiger partial charge on any atom is -0.335 e. The van der Waals surface area contributed by atoms with Crippen LogP contribution in [0.25, 0.3) is 0 Å². The number of carbonyl (C=O) groups is 1. The summed E-state index contributed by atoms with van der Waals surface area (Å²) in [5, 5.41) is 7.71. The Bertz CT molecular complexity index is 549. The zero-order chi connectivity index (χ0) is 15.9. The second kappa shape index (κ2) is 6.19. The lowest BCUT2D eigenvalue weighted by atomic mass is 9.93. The van der Waals surface area contributed by atoms with Crippen LogP contribution in [0.3, 0.4) is 0 Å². The molecule has 2 heterocycles. The van der Waals surface area contributed by atoms with Gasteiger partial charge in [-0.3, -0.25) is 4.79 Å². The second-order valence-corrected chi connectivity index (χ2v) is 8.47. The molecule has 2 atom stereocenters. The van der Waals surface area contributed by atoms with Crippen molar-refractivity contribution < 1.29 is 4.79 Å². The molecule has 1 saturated heterocycles. The van der Waals surface area contributed by atoms with Crippen molar-refractivity contribution in [3.05, 3.63) is 22.4 Å². The van der Waals surface area contributed by atoms with Gasteiger partial charge in [-0.15, -0.1) is 0 Å². The maximum Gasteiger partial charge on any atom is 0.224 e. The quantitative estimate of drug-likeness (QED) is 0.840. The van der Waals surface area contributed by atoms with Crippen LogP contribution in [-0.4, -0.2) is 36.0 Å². The summed E-state index contributed by atoms with van der Waals surface area (Å²) in [5.74, 6) is 0.866. The first-order valence-electron chi connectivity index (χ1n) is 8.95. The van der Waals surface area contributed by atoms with Crippen LogP contribution in [-0.2, 0) is 11.3 Å². The molecule has 1 aliphatic heterocycles. The molecule has 3 fully saturated rings. The van der Waals surface area contributed by atoms with Gasteiger partial charge in [-0.05, 0) is 78.9 Å². The van der Waals surface area contributed by atoms with Gasteiger partial charge in [-0.1, -0.05) is 0 Å². The number of hydrogen-bond acceptors (Lipinski definition) is 4. The fourth-order valence-corrected chi connectivity index (χ4v) is 4.85. The monoisotopic (exact) mass is 333 g/mol. The molecule has 2 aliphatic carbocycles. The van der Waals surface area contributed by atoms with E-state index in [4.69, 9.17) is 5.73 Å². The van der Waals surface area contributed by atoms with Gasteiger partial charge in [0.2, 0.25) is 5.91 Å². The fraction of sp³-hybridized carbons (Fsp3) is 0.722. The average molecular weight is 334 g/mol. The Morgan fingerprint density at radius 3 is 2.87 bits per heavy atom. The van der Waals surface area contributed by atoms with Crippen LogP contribution >= 0.6 is 11.3 Å². The highest BCUT2D eigenvalue weighted by atomic mass is 32.1. The molecule has 3 aliphatic rings. The molecule has 1 spiro atoms. The summed E-state index contributed by atoms with van der Waals surface area (Å²) >= 11 is 1.71. The summed E-state index contributed by atoms with van der Waals surface area (Å²) in [5.41, 5.74) is 7.88. The van der Waals surface area contributed by atoms with Gasteiger partial charge in [-0.2, -0.15) is 11.3 Å². The van der Waals surface area contributed by atoms with Crippen LogP contribution in [0.15, 0.2) is 16.8 Å². The number of nitrogens with zero attached hydrogens (tertiary/aromatic N) is 1. The van der Waals surface area contributed by atoms with E-state index in [0.717, 1.165) is 19.6 Å². The molecule has 1 aromatic rings. The fourth-order valence-electron chi connectivity index (χ4n) is 4.19. The summed E-state index contributed by atoms with van der Waals surface area (Å²) in [6, 6.07) is 2.64. The van der Waals surface area contributed by atoms with Gasteiger partial charge in [0.25, 0.3) is 0 Å². The van der Waals surface area contributed by atoms with E-state index in [-0.39, 0.29) is 11.9 Å². The largest absolute Gasteiger partial charge is 0.335 e. The van der Waals surface area contributed by atoms with E-state index in [2.05, 4.69) is 27.0 Å². The number of piperidine rings is 1. The van der Waals surface area contributed by atoms with E-state index in [1.165, 1.54) is 37.7 Å². The van der Waals surface area contributed by atoms with Gasteiger partial charge < -0.3 is 16.0 Å². The first kappa shape index (κ1) is 15.6. The predicted octanol–water partition coefficient (Wildman–Crippen LogP) is 2.35. The van der Waals surface area contributed by atoms with E-state index < -0.39 is 0 Å². The topological polar surface area (TPSA) is 58.4 Å². The van der Waals surface area contributed by atoms with Crippen molar-refractivity contribution in [3.8, 4) is 0 Å². The van der Waals surface area contributed by atoms with E-state index in [1.54, 1.807) is 11.3 Å². The number of nitrogens with two attached hydrogens (primary N) is 1. The first-order chi connectivity index (χ1) is 11.2. The van der Waals surface area contributed by atoms with Crippen molar-refractivity contribution >= 4 is 17.2 Å². The maximum atomic E-state index is 13.0. The number of hydrogen-bond donors (Lipinski definition) is 2. The molecule has 4 rings (SSSR count). The molecule has 126 valence electrons. The molecule has 5 heteroatoms. The molecule has 1 amide bonds. The number of nitrogens with one attached hydrogen (secondary N) is 1. The minimum absolute atomic E-state index is 0.0650. The van der Waals surface area contributed by atoms with Gasteiger partial charge in [0, 0.05) is 25.0 Å². The SMILES string of the molecule is N[C@H](CC(=O)N(Cc1ccsc1)[C@@H]1CC12CCNCC2)C1CC1. The van der Waals surface area contributed by atoms with Crippen LogP contribution in [0, 0.1) is 11.3 Å². The van der Waals surface area contributed by atoms with Gasteiger partial charge in [-0.25, -0.2) is 0 Å². The molecule has 3 N–H and O–H groups in total. The summed E-state index contributed by atoms with van der Waals surface area (Å²) in [7, 11) is 0. The summed E-state index contributed by atoms with van der Waals surface area (Å²) < 4.78 is 0. The Balaban J connectivity index is 1.46. The third kappa shape index (κ3) is 3.32. The van der Waals surface area contributed by atoms with Gasteiger partial charge in [0.05, 0.1) is 0 Å². The maximum absolute atomic E-state index is 13.0. The van der Waals surface area contributed by atoms with E-state index >= 15 is 0 Å². The zero-order valence-corrected chi connectivity index (χ0v) is 14.5. The van der Waals surface area contributed by atoms with Crippen molar-refractivity contribution in [1.29, 1.82) is 0 Å². The Kier molecular flexibility index (Phi) is 4.20. The first-order valence-corrected chi connectivity index (χ1v) is 9.89. The van der Waals surface area contributed by atoms with Crippen molar-refractivity contribution in [3.63, 3.8) is 0 Å². The van der Waals surface area contributed by atoms with Crippen LogP contribution in [0.2, 0.25) is 0 Å².